The number of aromatic nitrogens is 1. The summed E-state index contributed by atoms with van der Waals surface area (Å²) < 4.78 is 0. The molecule has 2 nitrogen and oxygen atoms in total. The van der Waals surface area contributed by atoms with Gasteiger partial charge >= 0.3 is 0 Å². The molecule has 0 radical (unpaired) electrons. The van der Waals surface area contributed by atoms with Crippen LogP contribution in [0.2, 0.25) is 0 Å². The van der Waals surface area contributed by atoms with E-state index in [1.165, 1.54) is 24.0 Å². The number of rotatable bonds is 2. The highest BCUT2D eigenvalue weighted by molar-refractivity contribution is 5.26. The fraction of sp³-hybridized carbons (Fsp3) is 0.500. The van der Waals surface area contributed by atoms with Gasteiger partial charge in [0.1, 0.15) is 0 Å². The predicted octanol–water partition coefficient (Wildman–Crippen LogP) is 1.80. The molecule has 1 fully saturated rings. The Morgan fingerprint density at radius 2 is 2.33 bits per heavy atom. The molecule has 0 saturated heterocycles. The third kappa shape index (κ3) is 1.34. The molecule has 64 valence electrons. The van der Waals surface area contributed by atoms with E-state index in [4.69, 9.17) is 5.73 Å². The van der Waals surface area contributed by atoms with Gasteiger partial charge in [-0.2, -0.15) is 0 Å². The Labute approximate surface area is 72.8 Å². The van der Waals surface area contributed by atoms with Crippen LogP contribution in [0.1, 0.15) is 30.0 Å². The molecule has 2 N–H and O–H groups in total. The summed E-state index contributed by atoms with van der Waals surface area (Å²) in [4.78, 5) is 4.10. The van der Waals surface area contributed by atoms with Crippen LogP contribution in [0.4, 0.5) is 0 Å². The van der Waals surface area contributed by atoms with Crippen molar-refractivity contribution in [3.63, 3.8) is 0 Å². The molecule has 1 atom stereocenters. The lowest BCUT2D eigenvalue weighted by molar-refractivity contribution is 0.627. The summed E-state index contributed by atoms with van der Waals surface area (Å²) in [6, 6.07) is 2.25. The molecule has 1 aliphatic rings. The highest BCUT2D eigenvalue weighted by Gasteiger charge is 2.30. The minimum Gasteiger partial charge on any atom is -0.324 e. The van der Waals surface area contributed by atoms with E-state index in [0.717, 1.165) is 0 Å². The fourth-order valence-electron chi connectivity index (χ4n) is 1.53. The second-order valence-corrected chi connectivity index (χ2v) is 3.60. The van der Waals surface area contributed by atoms with E-state index in [9.17, 15) is 0 Å². The lowest BCUT2D eigenvalue weighted by atomic mass is 10.0. The van der Waals surface area contributed by atoms with E-state index in [0.29, 0.717) is 5.92 Å². The van der Waals surface area contributed by atoms with Crippen molar-refractivity contribution in [1.29, 1.82) is 0 Å². The Balaban J connectivity index is 2.25. The van der Waals surface area contributed by atoms with E-state index in [-0.39, 0.29) is 6.04 Å². The summed E-state index contributed by atoms with van der Waals surface area (Å²) >= 11 is 0. The van der Waals surface area contributed by atoms with Crippen LogP contribution in [-0.4, -0.2) is 4.98 Å². The standard InChI is InChI=1S/C10H14N2/c1-7-4-5-12-6-9(7)10(11)8-2-3-8/h4-6,8,10H,2-3,11H2,1H3. The Bertz CT molecular complexity index is 279. The van der Waals surface area contributed by atoms with Crippen LogP contribution >= 0.6 is 0 Å². The van der Waals surface area contributed by atoms with Crippen LogP contribution in [0.15, 0.2) is 18.5 Å². The molecule has 12 heavy (non-hydrogen) atoms. The number of hydrogen-bond donors (Lipinski definition) is 1. The molecule has 1 aromatic heterocycles. The molecule has 0 spiro atoms. The van der Waals surface area contributed by atoms with Gasteiger partial charge in [-0.1, -0.05) is 0 Å². The molecule has 1 unspecified atom stereocenters. The lowest BCUT2D eigenvalue weighted by Gasteiger charge is -2.12. The summed E-state index contributed by atoms with van der Waals surface area (Å²) in [5.41, 5.74) is 8.55. The van der Waals surface area contributed by atoms with E-state index in [1.807, 2.05) is 18.5 Å². The van der Waals surface area contributed by atoms with Crippen LogP contribution < -0.4 is 5.73 Å². The first-order valence-corrected chi connectivity index (χ1v) is 4.45. The lowest BCUT2D eigenvalue weighted by Crippen LogP contribution is -2.13. The first-order chi connectivity index (χ1) is 5.79. The zero-order chi connectivity index (χ0) is 8.55. The van der Waals surface area contributed by atoms with Crippen LogP contribution in [0.5, 0.6) is 0 Å². The van der Waals surface area contributed by atoms with Crippen molar-refractivity contribution in [3.8, 4) is 0 Å². The molecule has 1 saturated carbocycles. The summed E-state index contributed by atoms with van der Waals surface area (Å²) in [5, 5.41) is 0. The minimum absolute atomic E-state index is 0.221. The van der Waals surface area contributed by atoms with Gasteiger partial charge in [-0.25, -0.2) is 0 Å². The Hall–Kier alpha value is -0.890. The zero-order valence-corrected chi connectivity index (χ0v) is 7.33. The normalized spacial score (nSPS) is 19.2. The summed E-state index contributed by atoms with van der Waals surface area (Å²) in [6.07, 6.45) is 6.29. The molecule has 1 aliphatic carbocycles. The predicted molar refractivity (Wildman–Crippen MR) is 48.6 cm³/mol. The van der Waals surface area contributed by atoms with Gasteiger partial charge in [-0.3, -0.25) is 4.98 Å². The molecule has 1 aromatic rings. The monoisotopic (exact) mass is 162 g/mol. The topological polar surface area (TPSA) is 38.9 Å². The quantitative estimate of drug-likeness (QED) is 0.720. The molecule has 0 aliphatic heterocycles. The Kier molecular flexibility index (Phi) is 1.85. The fourth-order valence-corrected chi connectivity index (χ4v) is 1.53. The van der Waals surface area contributed by atoms with Crippen molar-refractivity contribution in [2.24, 2.45) is 11.7 Å². The van der Waals surface area contributed by atoms with Crippen LogP contribution in [0.3, 0.4) is 0 Å². The zero-order valence-electron chi connectivity index (χ0n) is 7.33. The molecule has 0 aromatic carbocycles. The molecule has 2 heteroatoms. The average Bonchev–Trinajstić information content (AvgIpc) is 2.86. The Morgan fingerprint density at radius 3 is 2.92 bits per heavy atom. The van der Waals surface area contributed by atoms with Crippen molar-refractivity contribution in [2.75, 3.05) is 0 Å². The third-order valence-corrected chi connectivity index (χ3v) is 2.57. The van der Waals surface area contributed by atoms with Crippen LogP contribution in [0.25, 0.3) is 0 Å². The first-order valence-electron chi connectivity index (χ1n) is 4.45. The van der Waals surface area contributed by atoms with Crippen molar-refractivity contribution < 1.29 is 0 Å². The van der Waals surface area contributed by atoms with Gasteiger partial charge < -0.3 is 5.73 Å². The van der Waals surface area contributed by atoms with Gasteiger partial charge in [0, 0.05) is 18.4 Å². The van der Waals surface area contributed by atoms with Crippen LogP contribution in [-0.2, 0) is 0 Å². The maximum absolute atomic E-state index is 6.06. The minimum atomic E-state index is 0.221. The third-order valence-electron chi connectivity index (χ3n) is 2.57. The van der Waals surface area contributed by atoms with Gasteiger partial charge in [0.2, 0.25) is 0 Å². The van der Waals surface area contributed by atoms with E-state index in [2.05, 4.69) is 11.9 Å². The second kappa shape index (κ2) is 2.87. The van der Waals surface area contributed by atoms with Gasteiger partial charge in [0.25, 0.3) is 0 Å². The van der Waals surface area contributed by atoms with Gasteiger partial charge in [-0.15, -0.1) is 0 Å². The van der Waals surface area contributed by atoms with E-state index in [1.54, 1.807) is 0 Å². The summed E-state index contributed by atoms with van der Waals surface area (Å²) in [7, 11) is 0. The van der Waals surface area contributed by atoms with Crippen LogP contribution in [0, 0.1) is 12.8 Å². The van der Waals surface area contributed by atoms with Crippen molar-refractivity contribution in [3.05, 3.63) is 29.6 Å². The maximum Gasteiger partial charge on any atom is 0.0341 e. The SMILES string of the molecule is Cc1ccncc1C(N)C1CC1. The second-order valence-electron chi connectivity index (χ2n) is 3.60. The Morgan fingerprint density at radius 1 is 1.58 bits per heavy atom. The summed E-state index contributed by atoms with van der Waals surface area (Å²) in [5.74, 6) is 0.716. The first kappa shape index (κ1) is 7.74. The molecular weight excluding hydrogens is 148 g/mol. The molecule has 0 amide bonds. The smallest absolute Gasteiger partial charge is 0.0341 e. The van der Waals surface area contributed by atoms with Gasteiger partial charge in [0.15, 0.2) is 0 Å². The van der Waals surface area contributed by atoms with Crippen molar-refractivity contribution >= 4 is 0 Å². The highest BCUT2D eigenvalue weighted by atomic mass is 14.7. The van der Waals surface area contributed by atoms with E-state index >= 15 is 0 Å². The largest absolute Gasteiger partial charge is 0.324 e. The molecule has 0 bridgehead atoms. The summed E-state index contributed by atoms with van der Waals surface area (Å²) in [6.45, 7) is 2.10. The molecule has 1 heterocycles. The van der Waals surface area contributed by atoms with Gasteiger partial charge in [0.05, 0.1) is 0 Å². The van der Waals surface area contributed by atoms with Crippen molar-refractivity contribution in [2.45, 2.75) is 25.8 Å². The highest BCUT2D eigenvalue weighted by Crippen LogP contribution is 2.39. The number of pyridine rings is 1. The number of aryl methyl sites for hydroxylation is 1. The number of nitrogens with zero attached hydrogens (tertiary/aromatic N) is 1. The molecule has 2 rings (SSSR count). The maximum atomic E-state index is 6.06. The van der Waals surface area contributed by atoms with E-state index < -0.39 is 0 Å². The van der Waals surface area contributed by atoms with Crippen molar-refractivity contribution in [1.82, 2.24) is 4.98 Å². The number of hydrogen-bond acceptors (Lipinski definition) is 2. The molecular formula is C10H14N2. The number of nitrogens with two attached hydrogens (primary N) is 1. The average molecular weight is 162 g/mol. The van der Waals surface area contributed by atoms with Gasteiger partial charge in [-0.05, 0) is 42.9 Å².